The summed E-state index contributed by atoms with van der Waals surface area (Å²) < 4.78 is 0. The van der Waals surface area contributed by atoms with Crippen LogP contribution in [0.1, 0.15) is 32.1 Å². The Morgan fingerprint density at radius 3 is 2.42 bits per heavy atom. The number of hydrogen-bond acceptors (Lipinski definition) is 2. The van der Waals surface area contributed by atoms with Gasteiger partial charge in [0.05, 0.1) is 0 Å². The van der Waals surface area contributed by atoms with Crippen molar-refractivity contribution in [3.8, 4) is 0 Å². The molecule has 12 heavy (non-hydrogen) atoms. The summed E-state index contributed by atoms with van der Waals surface area (Å²) in [6.07, 6.45) is 7.20. The van der Waals surface area contributed by atoms with E-state index in [9.17, 15) is 0 Å². The molecule has 0 bridgehead atoms. The topological polar surface area (TPSA) is 24.1 Å². The van der Waals surface area contributed by atoms with Crippen molar-refractivity contribution in [3.05, 3.63) is 0 Å². The lowest BCUT2D eigenvalue weighted by Crippen LogP contribution is -2.36. The van der Waals surface area contributed by atoms with E-state index in [2.05, 4.69) is 17.7 Å². The molecular weight excluding hydrogens is 148 g/mol. The average Bonchev–Trinajstić information content (AvgIpc) is 2.56. The molecule has 1 fully saturated rings. The molecule has 0 aromatic heterocycles. The van der Waals surface area contributed by atoms with E-state index in [1.165, 1.54) is 32.1 Å². The van der Waals surface area contributed by atoms with Gasteiger partial charge in [0.25, 0.3) is 0 Å². The van der Waals surface area contributed by atoms with Crippen LogP contribution < -0.4 is 10.6 Å². The lowest BCUT2D eigenvalue weighted by molar-refractivity contribution is 0.396. The molecule has 0 radical (unpaired) electrons. The predicted molar refractivity (Wildman–Crippen MR) is 53.3 cm³/mol. The maximum Gasteiger partial charge on any atom is 0.0192 e. The first-order chi connectivity index (χ1) is 5.86. The number of likely N-dealkylation sites (N-methyl/N-ethyl adjacent to an activating group) is 2. The van der Waals surface area contributed by atoms with Crippen LogP contribution in [0.4, 0.5) is 0 Å². The van der Waals surface area contributed by atoms with Gasteiger partial charge in [-0.1, -0.05) is 25.7 Å². The second-order valence-electron chi connectivity index (χ2n) is 3.93. The molecule has 0 heterocycles. The van der Waals surface area contributed by atoms with E-state index < -0.39 is 0 Å². The fourth-order valence-electron chi connectivity index (χ4n) is 2.20. The van der Waals surface area contributed by atoms with Gasteiger partial charge in [0.2, 0.25) is 0 Å². The van der Waals surface area contributed by atoms with Gasteiger partial charge in [-0.15, -0.1) is 0 Å². The molecule has 0 unspecified atom stereocenters. The second-order valence-corrected chi connectivity index (χ2v) is 3.93. The van der Waals surface area contributed by atoms with Crippen molar-refractivity contribution in [2.24, 2.45) is 5.92 Å². The van der Waals surface area contributed by atoms with Gasteiger partial charge in [0.1, 0.15) is 0 Å². The molecule has 0 saturated heterocycles. The fraction of sp³-hybridized carbons (Fsp3) is 1.00. The minimum atomic E-state index is 0.679. The Kier molecular flexibility index (Phi) is 4.62. The molecule has 0 amide bonds. The van der Waals surface area contributed by atoms with Gasteiger partial charge in [-0.2, -0.15) is 0 Å². The third kappa shape index (κ3) is 3.11. The fourth-order valence-corrected chi connectivity index (χ4v) is 2.20. The summed E-state index contributed by atoms with van der Waals surface area (Å²) in [4.78, 5) is 0. The van der Waals surface area contributed by atoms with Crippen LogP contribution >= 0.6 is 0 Å². The van der Waals surface area contributed by atoms with E-state index in [1.807, 2.05) is 7.05 Å². The first kappa shape index (κ1) is 10.0. The Morgan fingerprint density at radius 1 is 1.25 bits per heavy atom. The maximum atomic E-state index is 3.37. The Bertz CT molecular complexity index is 108. The van der Waals surface area contributed by atoms with E-state index in [0.717, 1.165) is 12.5 Å². The molecule has 1 aliphatic carbocycles. The average molecular weight is 170 g/mol. The van der Waals surface area contributed by atoms with Crippen LogP contribution in [0.25, 0.3) is 0 Å². The molecule has 0 aromatic carbocycles. The monoisotopic (exact) mass is 170 g/mol. The first-order valence-corrected chi connectivity index (χ1v) is 5.18. The molecule has 72 valence electrons. The molecule has 2 nitrogen and oxygen atoms in total. The van der Waals surface area contributed by atoms with Crippen LogP contribution in [0.15, 0.2) is 0 Å². The Labute approximate surface area is 76.1 Å². The number of rotatable bonds is 5. The second kappa shape index (κ2) is 5.55. The Morgan fingerprint density at radius 2 is 1.92 bits per heavy atom. The lowest BCUT2D eigenvalue weighted by Gasteiger charge is -2.19. The number of nitrogens with one attached hydrogen (secondary N) is 2. The zero-order valence-corrected chi connectivity index (χ0v) is 8.40. The minimum absolute atomic E-state index is 0.679. The number of hydrogen-bond donors (Lipinski definition) is 2. The van der Waals surface area contributed by atoms with Gasteiger partial charge in [-0.25, -0.2) is 0 Å². The van der Waals surface area contributed by atoms with Crippen LogP contribution in [0, 0.1) is 5.92 Å². The molecule has 1 rings (SSSR count). The van der Waals surface area contributed by atoms with E-state index in [1.54, 1.807) is 0 Å². The SMILES string of the molecule is CNC[C@H](CC1CCCC1)NC. The van der Waals surface area contributed by atoms with E-state index in [4.69, 9.17) is 0 Å². The molecule has 1 aliphatic rings. The third-order valence-corrected chi connectivity index (χ3v) is 2.95. The zero-order chi connectivity index (χ0) is 8.81. The van der Waals surface area contributed by atoms with E-state index >= 15 is 0 Å². The van der Waals surface area contributed by atoms with E-state index in [0.29, 0.717) is 6.04 Å². The molecule has 0 aliphatic heterocycles. The van der Waals surface area contributed by atoms with Gasteiger partial charge in [-0.3, -0.25) is 0 Å². The van der Waals surface area contributed by atoms with E-state index in [-0.39, 0.29) is 0 Å². The van der Waals surface area contributed by atoms with Gasteiger partial charge in [0.15, 0.2) is 0 Å². The van der Waals surface area contributed by atoms with Crippen molar-refractivity contribution < 1.29 is 0 Å². The highest BCUT2D eigenvalue weighted by atomic mass is 14.9. The molecule has 0 spiro atoms. The summed E-state index contributed by atoms with van der Waals surface area (Å²) in [6, 6.07) is 0.679. The maximum absolute atomic E-state index is 3.37. The quantitative estimate of drug-likeness (QED) is 0.651. The summed E-state index contributed by atoms with van der Waals surface area (Å²) >= 11 is 0. The Balaban J connectivity index is 2.16. The highest BCUT2D eigenvalue weighted by Gasteiger charge is 2.18. The third-order valence-electron chi connectivity index (χ3n) is 2.95. The molecule has 1 saturated carbocycles. The summed E-state index contributed by atoms with van der Waals surface area (Å²) in [5.74, 6) is 0.996. The van der Waals surface area contributed by atoms with Gasteiger partial charge in [-0.05, 0) is 26.4 Å². The van der Waals surface area contributed by atoms with Crippen LogP contribution in [0.2, 0.25) is 0 Å². The highest BCUT2D eigenvalue weighted by molar-refractivity contribution is 4.75. The van der Waals surface area contributed by atoms with Crippen molar-refractivity contribution >= 4 is 0 Å². The van der Waals surface area contributed by atoms with Crippen molar-refractivity contribution in [1.82, 2.24) is 10.6 Å². The van der Waals surface area contributed by atoms with Crippen LogP contribution in [-0.4, -0.2) is 26.7 Å². The standard InChI is InChI=1S/C10H22N2/c1-11-8-10(12-2)7-9-5-3-4-6-9/h9-12H,3-8H2,1-2H3/t10-/m0/s1. The minimum Gasteiger partial charge on any atom is -0.318 e. The van der Waals surface area contributed by atoms with Crippen LogP contribution in [-0.2, 0) is 0 Å². The van der Waals surface area contributed by atoms with Crippen LogP contribution in [0.5, 0.6) is 0 Å². The normalized spacial score (nSPS) is 21.5. The summed E-state index contributed by atoms with van der Waals surface area (Å²) in [6.45, 7) is 1.10. The summed E-state index contributed by atoms with van der Waals surface area (Å²) in [5.41, 5.74) is 0. The molecule has 1 atom stereocenters. The lowest BCUT2D eigenvalue weighted by atomic mass is 9.98. The highest BCUT2D eigenvalue weighted by Crippen LogP contribution is 2.28. The summed E-state index contributed by atoms with van der Waals surface area (Å²) in [5, 5.41) is 6.60. The van der Waals surface area contributed by atoms with Gasteiger partial charge < -0.3 is 10.6 Å². The van der Waals surface area contributed by atoms with Crippen LogP contribution in [0.3, 0.4) is 0 Å². The molecular formula is C10H22N2. The smallest absolute Gasteiger partial charge is 0.0192 e. The largest absolute Gasteiger partial charge is 0.318 e. The molecule has 2 heteroatoms. The van der Waals surface area contributed by atoms with Crippen molar-refractivity contribution in [3.63, 3.8) is 0 Å². The summed E-state index contributed by atoms with van der Waals surface area (Å²) in [7, 11) is 4.09. The predicted octanol–water partition coefficient (Wildman–Crippen LogP) is 1.37. The van der Waals surface area contributed by atoms with Crippen molar-refractivity contribution in [1.29, 1.82) is 0 Å². The first-order valence-electron chi connectivity index (χ1n) is 5.18. The molecule has 0 aromatic rings. The van der Waals surface area contributed by atoms with Crippen molar-refractivity contribution in [2.45, 2.75) is 38.1 Å². The Hall–Kier alpha value is -0.0800. The molecule has 2 N–H and O–H groups in total. The van der Waals surface area contributed by atoms with Crippen molar-refractivity contribution in [2.75, 3.05) is 20.6 Å². The zero-order valence-electron chi connectivity index (χ0n) is 8.40. The van der Waals surface area contributed by atoms with Gasteiger partial charge in [0, 0.05) is 12.6 Å². The van der Waals surface area contributed by atoms with Gasteiger partial charge >= 0.3 is 0 Å².